The van der Waals surface area contributed by atoms with Gasteiger partial charge in [-0.3, -0.25) is 9.20 Å². The van der Waals surface area contributed by atoms with E-state index in [4.69, 9.17) is 0 Å². The maximum atomic E-state index is 13.1. The van der Waals surface area contributed by atoms with E-state index in [9.17, 15) is 9.18 Å². The molecule has 31 heavy (non-hydrogen) atoms. The Kier molecular flexibility index (Phi) is 5.34. The van der Waals surface area contributed by atoms with E-state index in [0.29, 0.717) is 6.54 Å². The number of benzene rings is 1. The largest absolute Gasteiger partial charge is 0.338 e. The van der Waals surface area contributed by atoms with Gasteiger partial charge >= 0.3 is 0 Å². The van der Waals surface area contributed by atoms with Gasteiger partial charge in [-0.2, -0.15) is 0 Å². The minimum absolute atomic E-state index is 0.00949. The maximum absolute atomic E-state index is 13.1. The second kappa shape index (κ2) is 8.43. The van der Waals surface area contributed by atoms with Crippen LogP contribution in [0.25, 0.3) is 22.2 Å². The van der Waals surface area contributed by atoms with E-state index < -0.39 is 0 Å². The van der Waals surface area contributed by atoms with Gasteiger partial charge in [-0.15, -0.1) is 21.5 Å². The fraction of sp³-hybridized carbons (Fsp3) is 0.208. The zero-order chi connectivity index (χ0) is 21.2. The Bertz CT molecular complexity index is 1240. The molecule has 1 unspecified atom stereocenters. The predicted octanol–water partition coefficient (Wildman–Crippen LogP) is 5.02. The third-order valence-electron chi connectivity index (χ3n) is 5.58. The number of hydrogen-bond acceptors (Lipinski definition) is 4. The molecular formula is C24H21FN4OS. The van der Waals surface area contributed by atoms with E-state index in [1.165, 1.54) is 12.1 Å². The highest BCUT2D eigenvalue weighted by Crippen LogP contribution is 2.29. The van der Waals surface area contributed by atoms with E-state index >= 15 is 0 Å². The van der Waals surface area contributed by atoms with Crippen LogP contribution >= 0.6 is 11.3 Å². The van der Waals surface area contributed by atoms with Gasteiger partial charge in [-0.05, 0) is 60.9 Å². The van der Waals surface area contributed by atoms with Crippen LogP contribution in [0, 0.1) is 5.82 Å². The van der Waals surface area contributed by atoms with E-state index in [0.717, 1.165) is 46.2 Å². The van der Waals surface area contributed by atoms with Crippen molar-refractivity contribution in [2.24, 2.45) is 0 Å². The van der Waals surface area contributed by atoms with Crippen LogP contribution in [0.15, 0.2) is 66.9 Å². The molecule has 0 bridgehead atoms. The molecule has 156 valence electrons. The van der Waals surface area contributed by atoms with Crippen molar-refractivity contribution in [2.75, 3.05) is 13.1 Å². The lowest BCUT2D eigenvalue weighted by Crippen LogP contribution is -2.38. The minimum atomic E-state index is -0.245. The van der Waals surface area contributed by atoms with Gasteiger partial charge < -0.3 is 4.90 Å². The molecule has 7 heteroatoms. The number of thiophene rings is 1. The number of amides is 1. The molecular weight excluding hydrogens is 411 g/mol. The molecule has 4 heterocycles. The molecule has 1 atom stereocenters. The van der Waals surface area contributed by atoms with Crippen molar-refractivity contribution in [3.63, 3.8) is 0 Å². The molecule has 3 aromatic heterocycles. The number of aromatic nitrogens is 3. The summed E-state index contributed by atoms with van der Waals surface area (Å²) in [6.07, 6.45) is 7.41. The molecule has 1 aliphatic rings. The first-order valence-corrected chi connectivity index (χ1v) is 11.1. The van der Waals surface area contributed by atoms with Gasteiger partial charge in [0.25, 0.3) is 0 Å². The number of fused-ring (bicyclic) bond motifs is 1. The number of likely N-dealkylation sites (tertiary alicyclic amines) is 1. The Hall–Kier alpha value is -3.32. The molecule has 0 spiro atoms. The Balaban J connectivity index is 1.27. The first-order valence-electron chi connectivity index (χ1n) is 10.3. The van der Waals surface area contributed by atoms with Crippen molar-refractivity contribution in [1.29, 1.82) is 0 Å². The van der Waals surface area contributed by atoms with Crippen molar-refractivity contribution in [1.82, 2.24) is 19.5 Å². The molecule has 0 saturated carbocycles. The summed E-state index contributed by atoms with van der Waals surface area (Å²) in [5, 5.41) is 8.63. The van der Waals surface area contributed by atoms with Gasteiger partial charge in [-0.25, -0.2) is 4.39 Å². The first-order chi connectivity index (χ1) is 15.2. The van der Waals surface area contributed by atoms with Crippen molar-refractivity contribution in [3.8, 4) is 10.4 Å². The van der Waals surface area contributed by atoms with Crippen molar-refractivity contribution in [2.45, 2.75) is 18.8 Å². The van der Waals surface area contributed by atoms with Gasteiger partial charge in [0.05, 0.1) is 0 Å². The number of rotatable bonds is 4. The van der Waals surface area contributed by atoms with E-state index in [2.05, 4.69) is 10.2 Å². The first kappa shape index (κ1) is 19.6. The second-order valence-electron chi connectivity index (χ2n) is 7.65. The third kappa shape index (κ3) is 4.14. The minimum Gasteiger partial charge on any atom is -0.338 e. The number of halogens is 1. The molecule has 0 N–H and O–H groups in total. The summed E-state index contributed by atoms with van der Waals surface area (Å²) < 4.78 is 15.1. The van der Waals surface area contributed by atoms with Crippen LogP contribution in [0.5, 0.6) is 0 Å². The van der Waals surface area contributed by atoms with Crippen LogP contribution in [0.2, 0.25) is 0 Å². The number of piperidine rings is 1. The van der Waals surface area contributed by atoms with Crippen LogP contribution < -0.4 is 0 Å². The second-order valence-corrected chi connectivity index (χ2v) is 8.77. The Morgan fingerprint density at radius 1 is 1.10 bits per heavy atom. The van der Waals surface area contributed by atoms with Crippen LogP contribution in [0.3, 0.4) is 0 Å². The normalized spacial score (nSPS) is 16.9. The van der Waals surface area contributed by atoms with Crippen LogP contribution in [0.4, 0.5) is 4.39 Å². The van der Waals surface area contributed by atoms with Gasteiger partial charge in [-0.1, -0.05) is 18.2 Å². The summed E-state index contributed by atoms with van der Waals surface area (Å²) in [4.78, 5) is 16.8. The predicted molar refractivity (Wildman–Crippen MR) is 120 cm³/mol. The van der Waals surface area contributed by atoms with Crippen LogP contribution in [0.1, 0.15) is 29.5 Å². The maximum Gasteiger partial charge on any atom is 0.246 e. The van der Waals surface area contributed by atoms with Gasteiger partial charge in [0.15, 0.2) is 5.65 Å². The number of pyridine rings is 1. The Morgan fingerprint density at radius 2 is 1.97 bits per heavy atom. The number of carbonyl (C=O) groups excluding carboxylic acids is 1. The highest BCUT2D eigenvalue weighted by Gasteiger charge is 2.27. The summed E-state index contributed by atoms with van der Waals surface area (Å²) in [5.74, 6) is 0.856. The smallest absolute Gasteiger partial charge is 0.246 e. The van der Waals surface area contributed by atoms with Gasteiger partial charge in [0.1, 0.15) is 11.6 Å². The van der Waals surface area contributed by atoms with Gasteiger partial charge in [0, 0.05) is 41.0 Å². The van der Waals surface area contributed by atoms with Crippen molar-refractivity contribution < 1.29 is 9.18 Å². The molecule has 0 radical (unpaired) electrons. The number of carbonyl (C=O) groups is 1. The molecule has 5 rings (SSSR count). The lowest BCUT2D eigenvalue weighted by Gasteiger charge is -2.31. The summed E-state index contributed by atoms with van der Waals surface area (Å²) >= 11 is 1.58. The molecule has 1 aliphatic heterocycles. The quantitative estimate of drug-likeness (QED) is 0.426. The third-order valence-corrected chi connectivity index (χ3v) is 6.68. The average molecular weight is 433 g/mol. The summed E-state index contributed by atoms with van der Waals surface area (Å²) in [6.45, 7) is 1.39. The zero-order valence-corrected chi connectivity index (χ0v) is 17.6. The highest BCUT2D eigenvalue weighted by molar-refractivity contribution is 7.16. The SMILES string of the molecule is O=C(/C=C/c1ccc(-c2ccc(F)cc2)s1)N1CCCC(c2nnc3ccccn23)C1. The van der Waals surface area contributed by atoms with E-state index in [1.807, 2.05) is 51.9 Å². The molecule has 1 saturated heterocycles. The van der Waals surface area contributed by atoms with E-state index in [1.54, 1.807) is 29.5 Å². The molecule has 1 aromatic carbocycles. The van der Waals surface area contributed by atoms with Gasteiger partial charge in [0.2, 0.25) is 5.91 Å². The monoisotopic (exact) mass is 432 g/mol. The van der Waals surface area contributed by atoms with Crippen molar-refractivity contribution in [3.05, 3.63) is 83.4 Å². The highest BCUT2D eigenvalue weighted by atomic mass is 32.1. The topological polar surface area (TPSA) is 50.5 Å². The zero-order valence-electron chi connectivity index (χ0n) is 16.8. The molecule has 1 amide bonds. The Labute approximate surface area is 183 Å². The summed E-state index contributed by atoms with van der Waals surface area (Å²) in [6, 6.07) is 16.3. The average Bonchev–Trinajstić information content (AvgIpc) is 3.45. The Morgan fingerprint density at radius 3 is 2.84 bits per heavy atom. The molecule has 0 aliphatic carbocycles. The van der Waals surface area contributed by atoms with Crippen molar-refractivity contribution >= 4 is 29.0 Å². The lowest BCUT2D eigenvalue weighted by molar-refractivity contribution is -0.127. The molecule has 4 aromatic rings. The van der Waals surface area contributed by atoms with E-state index in [-0.39, 0.29) is 17.6 Å². The fourth-order valence-electron chi connectivity index (χ4n) is 4.00. The summed E-state index contributed by atoms with van der Waals surface area (Å²) in [5.41, 5.74) is 1.80. The van der Waals surface area contributed by atoms with Crippen LogP contribution in [-0.4, -0.2) is 38.5 Å². The standard InChI is InChI=1S/C24H21FN4OS/c25-19-8-6-17(7-9-19)21-12-10-20(31-21)11-13-23(30)28-14-3-4-18(16-28)24-27-26-22-5-1-2-15-29(22)24/h1-2,5-13,15,18H,3-4,14,16H2/b13-11+. The van der Waals surface area contributed by atoms with Crippen LogP contribution in [-0.2, 0) is 4.79 Å². The fourth-order valence-corrected chi connectivity index (χ4v) is 4.91. The molecule has 1 fully saturated rings. The lowest BCUT2D eigenvalue weighted by atomic mass is 9.97. The number of nitrogens with zero attached hydrogens (tertiary/aromatic N) is 4. The number of hydrogen-bond donors (Lipinski definition) is 0. The molecule has 5 nitrogen and oxygen atoms in total. The summed E-state index contributed by atoms with van der Waals surface area (Å²) in [7, 11) is 0.